The minimum absolute atomic E-state index is 0.0884. The van der Waals surface area contributed by atoms with E-state index in [4.69, 9.17) is 18.9 Å². The molecule has 0 atom stereocenters. The number of nitrogens with one attached hydrogen (secondary N) is 4. The quantitative estimate of drug-likeness (QED) is 0.247. The molecule has 0 saturated carbocycles. The van der Waals surface area contributed by atoms with Crippen LogP contribution in [-0.2, 0) is 14.9 Å². The Kier molecular flexibility index (Phi) is 9.05. The maximum atomic E-state index is 14.4. The number of halogens is 1. The number of nitrogens with zero attached hydrogens (tertiary/aromatic N) is 2. The Labute approximate surface area is 208 Å². The van der Waals surface area contributed by atoms with Crippen molar-refractivity contribution in [1.82, 2.24) is 14.7 Å². The summed E-state index contributed by atoms with van der Waals surface area (Å²) >= 11 is 0. The molecule has 3 aromatic rings. The zero-order valence-corrected chi connectivity index (χ0v) is 20.9. The predicted molar refractivity (Wildman–Crippen MR) is 134 cm³/mol. The Morgan fingerprint density at radius 1 is 0.889 bits per heavy atom. The van der Waals surface area contributed by atoms with Gasteiger partial charge in [0.1, 0.15) is 0 Å². The lowest BCUT2D eigenvalue weighted by atomic mass is 10.2. The fourth-order valence-corrected chi connectivity index (χ4v) is 3.90. The minimum atomic E-state index is -3.75. The van der Waals surface area contributed by atoms with Gasteiger partial charge in [0.25, 0.3) is 10.2 Å². The Morgan fingerprint density at radius 2 is 1.53 bits per heavy atom. The van der Waals surface area contributed by atoms with Crippen LogP contribution in [-0.4, -0.2) is 60.0 Å². The van der Waals surface area contributed by atoms with E-state index in [1.54, 1.807) is 24.3 Å². The highest BCUT2D eigenvalue weighted by Gasteiger charge is 2.15. The average Bonchev–Trinajstić information content (AvgIpc) is 2.86. The highest BCUT2D eigenvalue weighted by Crippen LogP contribution is 2.40. The second-order valence-electron chi connectivity index (χ2n) is 7.12. The zero-order chi connectivity index (χ0) is 26.1. The van der Waals surface area contributed by atoms with Crippen molar-refractivity contribution in [2.45, 2.75) is 0 Å². The number of rotatable bonds is 13. The van der Waals surface area contributed by atoms with E-state index in [-0.39, 0.29) is 24.9 Å². The van der Waals surface area contributed by atoms with Crippen LogP contribution >= 0.6 is 0 Å². The number of hydrogen-bond donors (Lipinski definition) is 4. The second kappa shape index (κ2) is 12.2. The van der Waals surface area contributed by atoms with Gasteiger partial charge in [-0.3, -0.25) is 4.72 Å². The summed E-state index contributed by atoms with van der Waals surface area (Å²) in [6.45, 7) is 0.371. The van der Waals surface area contributed by atoms with Gasteiger partial charge in [-0.2, -0.15) is 18.1 Å². The molecule has 0 aliphatic heterocycles. The molecule has 36 heavy (non-hydrogen) atoms. The normalized spacial score (nSPS) is 11.0. The van der Waals surface area contributed by atoms with Crippen LogP contribution in [0.4, 0.5) is 33.2 Å². The lowest BCUT2D eigenvalue weighted by Crippen LogP contribution is -2.32. The molecule has 0 fully saturated rings. The van der Waals surface area contributed by atoms with Crippen molar-refractivity contribution in [1.29, 1.82) is 0 Å². The van der Waals surface area contributed by atoms with Crippen molar-refractivity contribution >= 4 is 39.0 Å². The van der Waals surface area contributed by atoms with E-state index >= 15 is 0 Å². The van der Waals surface area contributed by atoms with Gasteiger partial charge < -0.3 is 29.6 Å². The Balaban J connectivity index is 1.73. The van der Waals surface area contributed by atoms with Crippen LogP contribution < -0.4 is 34.3 Å². The molecule has 3 rings (SSSR count). The van der Waals surface area contributed by atoms with Gasteiger partial charge in [0.15, 0.2) is 23.1 Å². The first kappa shape index (κ1) is 26.7. The maximum absolute atomic E-state index is 14.4. The summed E-state index contributed by atoms with van der Waals surface area (Å²) < 4.78 is 63.9. The van der Waals surface area contributed by atoms with Gasteiger partial charge in [-0.1, -0.05) is 0 Å². The summed E-state index contributed by atoms with van der Waals surface area (Å²) in [6.07, 6.45) is 1.02. The van der Waals surface area contributed by atoms with E-state index in [9.17, 15) is 12.8 Å². The monoisotopic (exact) mass is 522 g/mol. The summed E-state index contributed by atoms with van der Waals surface area (Å²) in [5.74, 6) is 0.602. The van der Waals surface area contributed by atoms with E-state index in [0.29, 0.717) is 34.3 Å². The summed E-state index contributed by atoms with van der Waals surface area (Å²) in [5.41, 5.74) is 1.32. The van der Waals surface area contributed by atoms with E-state index in [1.807, 2.05) is 0 Å². The van der Waals surface area contributed by atoms with Gasteiger partial charge >= 0.3 is 0 Å². The molecular formula is C22H27FN6O6S. The van der Waals surface area contributed by atoms with Crippen LogP contribution in [0.3, 0.4) is 0 Å². The molecule has 0 amide bonds. The number of aromatic nitrogens is 2. The average molecular weight is 523 g/mol. The van der Waals surface area contributed by atoms with Crippen molar-refractivity contribution in [2.24, 2.45) is 0 Å². The molecule has 4 N–H and O–H groups in total. The minimum Gasteiger partial charge on any atom is -0.493 e. The molecule has 0 aliphatic carbocycles. The van der Waals surface area contributed by atoms with E-state index in [1.165, 1.54) is 40.6 Å². The van der Waals surface area contributed by atoms with Crippen LogP contribution in [0, 0.1) is 5.82 Å². The highest BCUT2D eigenvalue weighted by molar-refractivity contribution is 7.90. The Morgan fingerprint density at radius 3 is 2.11 bits per heavy atom. The fraction of sp³-hybridized carbons (Fsp3) is 0.273. The SMILES string of the molecule is COCCNS(=O)(=O)Nc1ccc(Nc2nc(Nc3cc(OC)c(OC)c(OC)c3)ncc2F)cc1. The first-order valence-electron chi connectivity index (χ1n) is 10.5. The molecule has 1 heterocycles. The van der Waals surface area contributed by atoms with Crippen LogP contribution in [0.2, 0.25) is 0 Å². The second-order valence-corrected chi connectivity index (χ2v) is 8.62. The van der Waals surface area contributed by atoms with E-state index in [2.05, 4.69) is 30.0 Å². The molecular weight excluding hydrogens is 495 g/mol. The van der Waals surface area contributed by atoms with Crippen LogP contribution in [0.5, 0.6) is 17.2 Å². The number of benzene rings is 2. The summed E-state index contributed by atoms with van der Waals surface area (Å²) in [4.78, 5) is 8.16. The molecule has 0 saturated heterocycles. The zero-order valence-electron chi connectivity index (χ0n) is 20.1. The van der Waals surface area contributed by atoms with Crippen molar-refractivity contribution in [3.8, 4) is 17.2 Å². The van der Waals surface area contributed by atoms with Gasteiger partial charge in [0, 0.05) is 42.8 Å². The molecule has 0 radical (unpaired) electrons. The smallest absolute Gasteiger partial charge is 0.299 e. The summed E-state index contributed by atoms with van der Waals surface area (Å²) in [6, 6.07) is 9.50. The highest BCUT2D eigenvalue weighted by atomic mass is 32.2. The number of ether oxygens (including phenoxy) is 4. The van der Waals surface area contributed by atoms with Gasteiger partial charge in [-0.05, 0) is 24.3 Å². The molecule has 0 spiro atoms. The molecule has 0 unspecified atom stereocenters. The number of anilines is 5. The topological polar surface area (TPSA) is 145 Å². The number of methoxy groups -OCH3 is 4. The molecule has 0 bridgehead atoms. The molecule has 1 aromatic heterocycles. The molecule has 14 heteroatoms. The maximum Gasteiger partial charge on any atom is 0.299 e. The summed E-state index contributed by atoms with van der Waals surface area (Å²) in [5, 5.41) is 5.83. The molecule has 12 nitrogen and oxygen atoms in total. The van der Waals surface area contributed by atoms with Gasteiger partial charge in [0.2, 0.25) is 11.7 Å². The fourth-order valence-electron chi connectivity index (χ4n) is 3.03. The van der Waals surface area contributed by atoms with Crippen LogP contribution in [0.15, 0.2) is 42.6 Å². The molecule has 194 valence electrons. The summed E-state index contributed by atoms with van der Waals surface area (Å²) in [7, 11) is 2.20. The van der Waals surface area contributed by atoms with Crippen molar-refractivity contribution in [2.75, 3.05) is 56.9 Å². The van der Waals surface area contributed by atoms with Crippen molar-refractivity contribution in [3.05, 3.63) is 48.4 Å². The van der Waals surface area contributed by atoms with Gasteiger partial charge in [-0.25, -0.2) is 9.37 Å². The van der Waals surface area contributed by atoms with E-state index in [0.717, 1.165) is 6.20 Å². The van der Waals surface area contributed by atoms with Gasteiger partial charge in [0.05, 0.1) is 34.1 Å². The Bertz CT molecular complexity index is 1250. The standard InChI is InChI=1S/C22H27FN6O6S/c1-32-10-9-25-36(30,31)29-15-7-5-14(6-8-15)26-21-17(23)13-24-22(28-21)27-16-11-18(33-2)20(35-4)19(12-16)34-3/h5-8,11-13,25,29H,9-10H2,1-4H3,(H2,24,26,27,28). The van der Waals surface area contributed by atoms with Gasteiger partial charge in [-0.15, -0.1) is 0 Å². The largest absolute Gasteiger partial charge is 0.493 e. The molecule has 0 aliphatic rings. The lowest BCUT2D eigenvalue weighted by molar-refractivity contribution is 0.204. The van der Waals surface area contributed by atoms with Crippen molar-refractivity contribution < 1.29 is 31.8 Å². The van der Waals surface area contributed by atoms with Crippen LogP contribution in [0.25, 0.3) is 0 Å². The third-order valence-electron chi connectivity index (χ3n) is 4.66. The third-order valence-corrected chi connectivity index (χ3v) is 5.75. The number of hydrogen-bond acceptors (Lipinski definition) is 10. The lowest BCUT2D eigenvalue weighted by Gasteiger charge is -2.15. The first-order valence-corrected chi connectivity index (χ1v) is 12.0. The molecule has 2 aromatic carbocycles. The van der Waals surface area contributed by atoms with Crippen LogP contribution in [0.1, 0.15) is 0 Å². The first-order chi connectivity index (χ1) is 17.3. The third kappa shape index (κ3) is 7.07. The predicted octanol–water partition coefficient (Wildman–Crippen LogP) is 3.02. The van der Waals surface area contributed by atoms with E-state index < -0.39 is 16.0 Å². The van der Waals surface area contributed by atoms with Crippen molar-refractivity contribution in [3.63, 3.8) is 0 Å². The Hall–Kier alpha value is -3.88.